The number of rotatable bonds is 4. The smallest absolute Gasteiger partial charge is 0.271 e. The number of hydrogen-bond donors (Lipinski definition) is 0. The van der Waals surface area contributed by atoms with Crippen molar-refractivity contribution in [1.82, 2.24) is 14.5 Å². The van der Waals surface area contributed by atoms with Gasteiger partial charge in [-0.3, -0.25) is 14.6 Å². The maximum absolute atomic E-state index is 13.3. The van der Waals surface area contributed by atoms with Crippen LogP contribution in [0.15, 0.2) is 58.3 Å². The van der Waals surface area contributed by atoms with Gasteiger partial charge in [0.2, 0.25) is 0 Å². The van der Waals surface area contributed by atoms with Gasteiger partial charge in [0.05, 0.1) is 27.3 Å². The molecule has 1 aliphatic heterocycles. The molecule has 0 unspecified atom stereocenters. The highest BCUT2D eigenvalue weighted by Gasteiger charge is 2.28. The van der Waals surface area contributed by atoms with Gasteiger partial charge in [0.25, 0.3) is 11.5 Å². The number of carbonyl (C=O) groups excluding carboxylic acids is 1. The van der Waals surface area contributed by atoms with E-state index < -0.39 is 0 Å². The van der Waals surface area contributed by atoms with Crippen LogP contribution in [0.25, 0.3) is 10.2 Å². The standard InChI is InChI=1S/C23H19N5O2S2/c24-13-17-20(26-7-9-27(10-8-26)23(30)19-4-2-11-31-19)21-18(5-12-32-21)28(22(17)29)15-16-3-1-6-25-14-16/h1-6,11-12,14H,7-10,15H2. The number of nitrogens with zero attached hydrogens (tertiary/aromatic N) is 5. The van der Waals surface area contributed by atoms with E-state index in [0.29, 0.717) is 38.4 Å². The Kier molecular flexibility index (Phi) is 5.47. The third-order valence-electron chi connectivity index (χ3n) is 5.64. The lowest BCUT2D eigenvalue weighted by Gasteiger charge is -2.36. The zero-order valence-corrected chi connectivity index (χ0v) is 18.7. The number of carbonyl (C=O) groups is 1. The maximum Gasteiger partial charge on any atom is 0.271 e. The Morgan fingerprint density at radius 3 is 2.62 bits per heavy atom. The topological polar surface area (TPSA) is 82.2 Å². The number of amides is 1. The summed E-state index contributed by atoms with van der Waals surface area (Å²) in [6.07, 6.45) is 3.42. The predicted octanol–water partition coefficient (Wildman–Crippen LogP) is 3.40. The van der Waals surface area contributed by atoms with Gasteiger partial charge in [-0.15, -0.1) is 22.7 Å². The summed E-state index contributed by atoms with van der Waals surface area (Å²) in [5.41, 5.74) is 2.26. The molecule has 0 radical (unpaired) electrons. The Morgan fingerprint density at radius 1 is 1.09 bits per heavy atom. The second-order valence-electron chi connectivity index (χ2n) is 7.48. The number of piperazine rings is 1. The molecule has 1 aliphatic rings. The molecule has 160 valence electrons. The largest absolute Gasteiger partial charge is 0.366 e. The van der Waals surface area contributed by atoms with E-state index in [9.17, 15) is 14.9 Å². The van der Waals surface area contributed by atoms with Crippen molar-refractivity contribution >= 4 is 44.5 Å². The first-order valence-corrected chi connectivity index (χ1v) is 11.9. The van der Waals surface area contributed by atoms with E-state index >= 15 is 0 Å². The fraction of sp³-hybridized carbons (Fsp3) is 0.217. The lowest BCUT2D eigenvalue weighted by Crippen LogP contribution is -2.49. The molecule has 7 nitrogen and oxygen atoms in total. The minimum Gasteiger partial charge on any atom is -0.366 e. The molecule has 0 aromatic carbocycles. The Hall–Kier alpha value is -3.48. The molecule has 1 fully saturated rings. The van der Waals surface area contributed by atoms with Crippen molar-refractivity contribution in [2.45, 2.75) is 6.54 Å². The summed E-state index contributed by atoms with van der Waals surface area (Å²) in [5.74, 6) is 0.0355. The van der Waals surface area contributed by atoms with Crippen molar-refractivity contribution in [2.75, 3.05) is 31.1 Å². The van der Waals surface area contributed by atoms with Crippen molar-refractivity contribution in [3.05, 3.63) is 79.8 Å². The molecule has 0 spiro atoms. The van der Waals surface area contributed by atoms with Gasteiger partial charge in [0.1, 0.15) is 11.6 Å². The minimum absolute atomic E-state index is 0.0355. The van der Waals surface area contributed by atoms with E-state index in [1.165, 1.54) is 22.7 Å². The highest BCUT2D eigenvalue weighted by molar-refractivity contribution is 7.17. The van der Waals surface area contributed by atoms with E-state index in [1.54, 1.807) is 17.0 Å². The number of aromatic nitrogens is 2. The Labute approximate surface area is 192 Å². The maximum atomic E-state index is 13.3. The van der Waals surface area contributed by atoms with Gasteiger partial charge < -0.3 is 14.4 Å². The summed E-state index contributed by atoms with van der Waals surface area (Å²) in [5, 5.41) is 13.8. The second-order valence-corrected chi connectivity index (χ2v) is 9.34. The summed E-state index contributed by atoms with van der Waals surface area (Å²) in [4.78, 5) is 34.8. The lowest BCUT2D eigenvalue weighted by atomic mass is 10.1. The van der Waals surface area contributed by atoms with Crippen LogP contribution in [0.1, 0.15) is 20.8 Å². The number of pyridine rings is 2. The second kappa shape index (κ2) is 8.57. The molecule has 0 saturated carbocycles. The Bertz CT molecular complexity index is 1360. The van der Waals surface area contributed by atoms with Gasteiger partial charge in [-0.2, -0.15) is 5.26 Å². The van der Waals surface area contributed by atoms with Crippen LogP contribution >= 0.6 is 22.7 Å². The zero-order valence-electron chi connectivity index (χ0n) is 17.1. The normalized spacial score (nSPS) is 14.0. The molecule has 4 aromatic heterocycles. The molecule has 5 heterocycles. The van der Waals surface area contributed by atoms with Gasteiger partial charge >= 0.3 is 0 Å². The number of anilines is 1. The molecule has 4 aromatic rings. The first kappa shape index (κ1) is 20.4. The van der Waals surface area contributed by atoms with Crippen LogP contribution in [0.2, 0.25) is 0 Å². The van der Waals surface area contributed by atoms with Crippen LogP contribution in [0.3, 0.4) is 0 Å². The van der Waals surface area contributed by atoms with Crippen molar-refractivity contribution < 1.29 is 4.79 Å². The SMILES string of the molecule is N#Cc1c(N2CCN(C(=O)c3cccs3)CC2)c2sccc2n(Cc2cccnc2)c1=O. The van der Waals surface area contributed by atoms with Crippen LogP contribution in [0.5, 0.6) is 0 Å². The average molecular weight is 462 g/mol. The van der Waals surface area contributed by atoms with Crippen molar-refractivity contribution in [3.63, 3.8) is 0 Å². The minimum atomic E-state index is -0.297. The van der Waals surface area contributed by atoms with Gasteiger partial charge in [-0.25, -0.2) is 0 Å². The molecule has 9 heteroatoms. The lowest BCUT2D eigenvalue weighted by molar-refractivity contribution is 0.0751. The van der Waals surface area contributed by atoms with E-state index in [1.807, 2.05) is 46.0 Å². The molecule has 0 bridgehead atoms. The first-order valence-electron chi connectivity index (χ1n) is 10.2. The first-order chi connectivity index (χ1) is 15.7. The van der Waals surface area contributed by atoms with Crippen LogP contribution in [-0.4, -0.2) is 46.5 Å². The summed E-state index contributed by atoms with van der Waals surface area (Å²) in [6.45, 7) is 2.61. The number of thiophene rings is 2. The Morgan fingerprint density at radius 2 is 1.94 bits per heavy atom. The number of nitriles is 1. The van der Waals surface area contributed by atoms with E-state index in [2.05, 4.69) is 16.0 Å². The molecule has 5 rings (SSSR count). The molecule has 0 atom stereocenters. The monoisotopic (exact) mass is 461 g/mol. The van der Waals surface area contributed by atoms with Crippen LogP contribution in [0.4, 0.5) is 5.69 Å². The molecule has 0 N–H and O–H groups in total. The molecule has 1 amide bonds. The van der Waals surface area contributed by atoms with Gasteiger partial charge in [0.15, 0.2) is 0 Å². The van der Waals surface area contributed by atoms with Crippen LogP contribution < -0.4 is 10.5 Å². The van der Waals surface area contributed by atoms with Gasteiger partial charge in [0, 0.05) is 38.6 Å². The molecule has 1 saturated heterocycles. The average Bonchev–Trinajstić information content (AvgIpc) is 3.53. The van der Waals surface area contributed by atoms with Gasteiger partial charge in [-0.1, -0.05) is 12.1 Å². The fourth-order valence-electron chi connectivity index (χ4n) is 4.07. The van der Waals surface area contributed by atoms with Crippen molar-refractivity contribution in [3.8, 4) is 6.07 Å². The number of fused-ring (bicyclic) bond motifs is 1. The summed E-state index contributed by atoms with van der Waals surface area (Å²) < 4.78 is 2.57. The molecular weight excluding hydrogens is 442 g/mol. The predicted molar refractivity (Wildman–Crippen MR) is 127 cm³/mol. The van der Waals surface area contributed by atoms with Crippen LogP contribution in [0, 0.1) is 11.3 Å². The summed E-state index contributed by atoms with van der Waals surface area (Å²) >= 11 is 2.97. The highest BCUT2D eigenvalue weighted by Crippen LogP contribution is 2.34. The molecule has 0 aliphatic carbocycles. The third kappa shape index (κ3) is 3.57. The molecule has 32 heavy (non-hydrogen) atoms. The van der Waals surface area contributed by atoms with E-state index in [0.717, 1.165) is 20.7 Å². The third-order valence-corrected chi connectivity index (χ3v) is 7.40. The quantitative estimate of drug-likeness (QED) is 0.465. The number of hydrogen-bond acceptors (Lipinski definition) is 7. The van der Waals surface area contributed by atoms with E-state index in [-0.39, 0.29) is 17.0 Å². The van der Waals surface area contributed by atoms with Crippen molar-refractivity contribution in [1.29, 1.82) is 5.26 Å². The van der Waals surface area contributed by atoms with Crippen LogP contribution in [-0.2, 0) is 6.54 Å². The molecular formula is C23H19N5O2S2. The summed E-state index contributed by atoms with van der Waals surface area (Å²) in [7, 11) is 0. The summed E-state index contributed by atoms with van der Waals surface area (Å²) in [6, 6.07) is 11.6. The Balaban J connectivity index is 1.48. The van der Waals surface area contributed by atoms with Crippen molar-refractivity contribution in [2.24, 2.45) is 0 Å². The fourth-order valence-corrected chi connectivity index (χ4v) is 5.74. The zero-order chi connectivity index (χ0) is 22.1. The van der Waals surface area contributed by atoms with E-state index in [4.69, 9.17) is 0 Å². The highest BCUT2D eigenvalue weighted by atomic mass is 32.1. The van der Waals surface area contributed by atoms with Gasteiger partial charge in [-0.05, 0) is 34.5 Å².